The van der Waals surface area contributed by atoms with E-state index in [0.29, 0.717) is 6.42 Å². The van der Waals surface area contributed by atoms with Crippen LogP contribution in [0.5, 0.6) is 0 Å². The van der Waals surface area contributed by atoms with E-state index in [1.807, 2.05) is 0 Å². The van der Waals surface area contributed by atoms with Gasteiger partial charge in [-0.3, -0.25) is 4.79 Å². The van der Waals surface area contributed by atoms with Crippen molar-refractivity contribution in [1.29, 1.82) is 0 Å². The number of carbonyl (C=O) groups is 1. The molecule has 4 nitrogen and oxygen atoms in total. The molecule has 0 aliphatic carbocycles. The van der Waals surface area contributed by atoms with Gasteiger partial charge >= 0.3 is 5.97 Å². The zero-order chi connectivity index (χ0) is 13.5. The molecule has 0 heterocycles. The molecule has 102 valence electrons. The number of carboxylic acids is 1. The summed E-state index contributed by atoms with van der Waals surface area (Å²) in [6.07, 6.45) is 1.82. The molecule has 4 heteroatoms. The second kappa shape index (κ2) is 7.67. The van der Waals surface area contributed by atoms with E-state index in [-0.39, 0.29) is 0 Å². The van der Waals surface area contributed by atoms with Crippen molar-refractivity contribution in [2.75, 3.05) is 40.3 Å². The summed E-state index contributed by atoms with van der Waals surface area (Å²) in [6.45, 7) is 9.69. The van der Waals surface area contributed by atoms with Gasteiger partial charge in [0.15, 0.2) is 0 Å². The first kappa shape index (κ1) is 16.4. The lowest BCUT2D eigenvalue weighted by atomic mass is 9.89. The molecule has 17 heavy (non-hydrogen) atoms. The van der Waals surface area contributed by atoms with E-state index in [2.05, 4.69) is 30.8 Å². The monoisotopic (exact) mass is 244 g/mol. The topological polar surface area (TPSA) is 43.8 Å². The lowest BCUT2D eigenvalue weighted by Crippen LogP contribution is -2.36. The molecule has 0 aliphatic heterocycles. The van der Waals surface area contributed by atoms with Crippen molar-refractivity contribution in [2.24, 2.45) is 5.41 Å². The maximum atomic E-state index is 11.0. The fourth-order valence-electron chi connectivity index (χ4n) is 1.54. The van der Waals surface area contributed by atoms with Gasteiger partial charge in [-0.2, -0.15) is 0 Å². The number of nitrogens with zero attached hydrogens (tertiary/aromatic N) is 2. The Morgan fingerprint density at radius 2 is 1.71 bits per heavy atom. The molecule has 0 spiro atoms. The minimum absolute atomic E-state index is 0.621. The van der Waals surface area contributed by atoms with E-state index >= 15 is 0 Å². The summed E-state index contributed by atoms with van der Waals surface area (Å²) in [5, 5.41) is 9.08. The van der Waals surface area contributed by atoms with Crippen LogP contribution in [0.25, 0.3) is 0 Å². The summed E-state index contributed by atoms with van der Waals surface area (Å²) in [4.78, 5) is 15.5. The van der Waals surface area contributed by atoms with Crippen LogP contribution in [0.2, 0.25) is 0 Å². The van der Waals surface area contributed by atoms with Gasteiger partial charge in [-0.05, 0) is 53.9 Å². The molecule has 1 N–H and O–H groups in total. The molecule has 0 fully saturated rings. The van der Waals surface area contributed by atoms with Crippen molar-refractivity contribution >= 4 is 5.97 Å². The number of likely N-dealkylation sites (N-methyl/N-ethyl adjacent to an activating group) is 1. The van der Waals surface area contributed by atoms with E-state index in [1.165, 1.54) is 0 Å². The molecule has 0 aliphatic rings. The summed E-state index contributed by atoms with van der Waals surface area (Å²) >= 11 is 0. The second-order valence-electron chi connectivity index (χ2n) is 5.58. The van der Waals surface area contributed by atoms with Crippen LogP contribution in [0.15, 0.2) is 0 Å². The SMILES string of the molecule is CCCN(CCN(C)C)CCC(C)(C)C(=O)O. The Morgan fingerprint density at radius 3 is 2.12 bits per heavy atom. The van der Waals surface area contributed by atoms with Crippen molar-refractivity contribution < 1.29 is 9.90 Å². The minimum Gasteiger partial charge on any atom is -0.481 e. The van der Waals surface area contributed by atoms with E-state index < -0.39 is 11.4 Å². The Hall–Kier alpha value is -0.610. The van der Waals surface area contributed by atoms with Gasteiger partial charge in [0, 0.05) is 13.1 Å². The molecule has 0 aromatic rings. The molecule has 0 bridgehead atoms. The third kappa shape index (κ3) is 7.34. The Morgan fingerprint density at radius 1 is 1.12 bits per heavy atom. The van der Waals surface area contributed by atoms with E-state index in [9.17, 15) is 4.79 Å². The Labute approximate surface area is 106 Å². The number of rotatable bonds is 9. The van der Waals surface area contributed by atoms with E-state index in [1.54, 1.807) is 13.8 Å². The van der Waals surface area contributed by atoms with Gasteiger partial charge in [-0.15, -0.1) is 0 Å². The smallest absolute Gasteiger partial charge is 0.309 e. The van der Waals surface area contributed by atoms with Gasteiger partial charge < -0.3 is 14.9 Å². The first-order chi connectivity index (χ1) is 7.79. The Kier molecular flexibility index (Phi) is 7.39. The van der Waals surface area contributed by atoms with Crippen LogP contribution >= 0.6 is 0 Å². The zero-order valence-electron chi connectivity index (χ0n) is 12.0. The van der Waals surface area contributed by atoms with Crippen LogP contribution in [0.1, 0.15) is 33.6 Å². The summed E-state index contributed by atoms with van der Waals surface area (Å²) < 4.78 is 0. The lowest BCUT2D eigenvalue weighted by molar-refractivity contribution is -0.147. The summed E-state index contributed by atoms with van der Waals surface area (Å²) in [6, 6.07) is 0. The second-order valence-corrected chi connectivity index (χ2v) is 5.58. The van der Waals surface area contributed by atoms with E-state index in [4.69, 9.17) is 5.11 Å². The highest BCUT2D eigenvalue weighted by Gasteiger charge is 2.27. The molecule has 0 atom stereocenters. The molecule has 0 rings (SSSR count). The molecule has 0 amide bonds. The maximum Gasteiger partial charge on any atom is 0.309 e. The molecule has 0 aromatic carbocycles. The number of carboxylic acid groups (broad SMARTS) is 1. The molecule has 0 radical (unpaired) electrons. The average Bonchev–Trinajstić information content (AvgIpc) is 2.21. The van der Waals surface area contributed by atoms with Crippen molar-refractivity contribution in [2.45, 2.75) is 33.6 Å². The van der Waals surface area contributed by atoms with Crippen LogP contribution in [0, 0.1) is 5.41 Å². The quantitative estimate of drug-likeness (QED) is 0.671. The van der Waals surface area contributed by atoms with Crippen LogP contribution in [-0.4, -0.2) is 61.2 Å². The number of hydrogen-bond donors (Lipinski definition) is 1. The first-order valence-corrected chi connectivity index (χ1v) is 6.40. The van der Waals surface area contributed by atoms with Crippen LogP contribution in [-0.2, 0) is 4.79 Å². The van der Waals surface area contributed by atoms with Gasteiger partial charge in [0.1, 0.15) is 0 Å². The third-order valence-corrected chi connectivity index (χ3v) is 3.04. The van der Waals surface area contributed by atoms with Gasteiger partial charge in [-0.1, -0.05) is 6.92 Å². The van der Waals surface area contributed by atoms with Crippen LogP contribution in [0.4, 0.5) is 0 Å². The zero-order valence-corrected chi connectivity index (χ0v) is 12.0. The third-order valence-electron chi connectivity index (χ3n) is 3.04. The first-order valence-electron chi connectivity index (χ1n) is 6.40. The Bertz CT molecular complexity index is 227. The largest absolute Gasteiger partial charge is 0.481 e. The Balaban J connectivity index is 4.12. The summed E-state index contributed by atoms with van der Waals surface area (Å²) in [5.74, 6) is -0.707. The molecule has 0 saturated carbocycles. The molecule has 0 aromatic heterocycles. The van der Waals surface area contributed by atoms with Crippen molar-refractivity contribution in [1.82, 2.24) is 9.80 Å². The predicted octanol–water partition coefficient (Wildman–Crippen LogP) is 1.76. The highest BCUT2D eigenvalue weighted by molar-refractivity contribution is 5.73. The maximum absolute atomic E-state index is 11.0. The lowest BCUT2D eigenvalue weighted by Gasteiger charge is -2.27. The van der Waals surface area contributed by atoms with Gasteiger partial charge in [0.2, 0.25) is 0 Å². The van der Waals surface area contributed by atoms with Gasteiger partial charge in [0.25, 0.3) is 0 Å². The fourth-order valence-corrected chi connectivity index (χ4v) is 1.54. The standard InChI is InChI=1S/C13H28N2O2/c1-6-8-15(11-10-14(4)5)9-7-13(2,3)12(16)17/h6-11H2,1-5H3,(H,16,17). The average molecular weight is 244 g/mol. The molecular formula is C13H28N2O2. The molecule has 0 saturated heterocycles. The van der Waals surface area contributed by atoms with Crippen LogP contribution < -0.4 is 0 Å². The number of aliphatic carboxylic acids is 1. The summed E-state index contributed by atoms with van der Waals surface area (Å²) in [5.41, 5.74) is -0.621. The fraction of sp³-hybridized carbons (Fsp3) is 0.923. The van der Waals surface area contributed by atoms with Gasteiger partial charge in [-0.25, -0.2) is 0 Å². The van der Waals surface area contributed by atoms with E-state index in [0.717, 1.165) is 32.6 Å². The molecule has 0 unspecified atom stereocenters. The van der Waals surface area contributed by atoms with Gasteiger partial charge in [0.05, 0.1) is 5.41 Å². The highest BCUT2D eigenvalue weighted by Crippen LogP contribution is 2.20. The predicted molar refractivity (Wildman–Crippen MR) is 71.3 cm³/mol. The van der Waals surface area contributed by atoms with Crippen LogP contribution in [0.3, 0.4) is 0 Å². The van der Waals surface area contributed by atoms with Crippen molar-refractivity contribution in [3.05, 3.63) is 0 Å². The van der Waals surface area contributed by atoms with Crippen molar-refractivity contribution in [3.8, 4) is 0 Å². The summed E-state index contributed by atoms with van der Waals surface area (Å²) in [7, 11) is 4.12. The van der Waals surface area contributed by atoms with Crippen molar-refractivity contribution in [3.63, 3.8) is 0 Å². The highest BCUT2D eigenvalue weighted by atomic mass is 16.4. The normalized spacial score (nSPS) is 12.4. The number of hydrogen-bond acceptors (Lipinski definition) is 3. The minimum atomic E-state index is -0.707. The molecular weight excluding hydrogens is 216 g/mol.